The molecule has 1 atom stereocenters. The second-order valence-electron chi connectivity index (χ2n) is 5.94. The lowest BCUT2D eigenvalue weighted by Gasteiger charge is -2.32. The van der Waals surface area contributed by atoms with Gasteiger partial charge in [-0.1, -0.05) is 17.7 Å². The van der Waals surface area contributed by atoms with Gasteiger partial charge in [-0.25, -0.2) is 4.98 Å². The van der Waals surface area contributed by atoms with Gasteiger partial charge in [-0.2, -0.15) is 0 Å². The van der Waals surface area contributed by atoms with E-state index >= 15 is 0 Å². The molecule has 1 amide bonds. The maximum Gasteiger partial charge on any atom is 0.254 e. The fourth-order valence-electron chi connectivity index (χ4n) is 3.23. The van der Waals surface area contributed by atoms with Gasteiger partial charge in [0.05, 0.1) is 0 Å². The Labute approximate surface area is 144 Å². The molecule has 0 N–H and O–H groups in total. The molecule has 0 spiro atoms. The van der Waals surface area contributed by atoms with Crippen molar-refractivity contribution in [1.29, 1.82) is 0 Å². The lowest BCUT2D eigenvalue weighted by molar-refractivity contribution is 0.0704. The maximum absolute atomic E-state index is 12.7. The smallest absolute Gasteiger partial charge is 0.254 e. The second-order valence-corrected chi connectivity index (χ2v) is 6.33. The summed E-state index contributed by atoms with van der Waals surface area (Å²) in [6.07, 6.45) is 5.46. The summed E-state index contributed by atoms with van der Waals surface area (Å²) in [5.74, 6) is 1.08. The van der Waals surface area contributed by atoms with Crippen LogP contribution in [0.2, 0.25) is 5.15 Å². The Hall–Kier alpha value is -2.47. The largest absolute Gasteiger partial charge is 0.338 e. The van der Waals surface area contributed by atoms with E-state index in [2.05, 4.69) is 15.2 Å². The zero-order valence-corrected chi connectivity index (χ0v) is 13.7. The lowest BCUT2D eigenvalue weighted by atomic mass is 9.96. The van der Waals surface area contributed by atoms with E-state index in [1.165, 1.54) is 0 Å². The van der Waals surface area contributed by atoms with Crippen LogP contribution >= 0.6 is 11.6 Å². The summed E-state index contributed by atoms with van der Waals surface area (Å²) in [7, 11) is 0. The standard InChI is InChI=1S/C17H16ClN5O/c18-14-10-12(6-7-19-14)17(24)22-8-3-4-13(11-22)16-21-20-15-5-1-2-9-23(15)16/h1-2,5-7,9-10,13H,3-4,8,11H2. The Balaban J connectivity index is 1.59. The number of rotatable bonds is 2. The summed E-state index contributed by atoms with van der Waals surface area (Å²) in [6, 6.07) is 9.15. The highest BCUT2D eigenvalue weighted by molar-refractivity contribution is 6.29. The van der Waals surface area contributed by atoms with E-state index in [1.54, 1.807) is 18.3 Å². The molecule has 4 rings (SSSR count). The number of fused-ring (bicyclic) bond motifs is 1. The van der Waals surface area contributed by atoms with Crippen molar-refractivity contribution in [2.24, 2.45) is 0 Å². The molecule has 0 saturated carbocycles. The summed E-state index contributed by atoms with van der Waals surface area (Å²) in [5, 5.41) is 8.89. The first-order valence-corrected chi connectivity index (χ1v) is 8.30. The SMILES string of the molecule is O=C(c1ccnc(Cl)c1)N1CCCC(c2nnc3ccccn23)C1. The zero-order chi connectivity index (χ0) is 16.5. The quantitative estimate of drug-likeness (QED) is 0.672. The topological polar surface area (TPSA) is 63.4 Å². The van der Waals surface area contributed by atoms with Gasteiger partial charge in [-0.3, -0.25) is 9.20 Å². The first-order valence-electron chi connectivity index (χ1n) is 7.93. The molecule has 0 aromatic carbocycles. The molecular formula is C17H16ClN5O. The Morgan fingerprint density at radius 3 is 3.04 bits per heavy atom. The van der Waals surface area contributed by atoms with Gasteiger partial charge in [0.25, 0.3) is 5.91 Å². The molecule has 1 unspecified atom stereocenters. The number of pyridine rings is 2. The van der Waals surface area contributed by atoms with Crippen LogP contribution in [0.4, 0.5) is 0 Å². The first kappa shape index (κ1) is 15.1. The highest BCUT2D eigenvalue weighted by Crippen LogP contribution is 2.27. The van der Waals surface area contributed by atoms with Gasteiger partial charge in [0, 0.05) is 37.0 Å². The monoisotopic (exact) mass is 341 g/mol. The molecular weight excluding hydrogens is 326 g/mol. The Bertz CT molecular complexity index is 893. The molecule has 0 aliphatic carbocycles. The van der Waals surface area contributed by atoms with Crippen molar-refractivity contribution in [2.45, 2.75) is 18.8 Å². The van der Waals surface area contributed by atoms with Crippen LogP contribution in [0.25, 0.3) is 5.65 Å². The maximum atomic E-state index is 12.7. The van der Waals surface area contributed by atoms with Crippen LogP contribution in [0.15, 0.2) is 42.7 Å². The van der Waals surface area contributed by atoms with E-state index in [-0.39, 0.29) is 11.8 Å². The molecule has 122 valence electrons. The van der Waals surface area contributed by atoms with Gasteiger partial charge >= 0.3 is 0 Å². The fourth-order valence-corrected chi connectivity index (χ4v) is 3.40. The van der Waals surface area contributed by atoms with Crippen molar-refractivity contribution >= 4 is 23.2 Å². The molecule has 1 fully saturated rings. The van der Waals surface area contributed by atoms with E-state index in [0.29, 0.717) is 17.3 Å². The predicted octanol–water partition coefficient (Wildman–Crippen LogP) is 2.80. The Kier molecular flexibility index (Phi) is 3.90. The molecule has 0 bridgehead atoms. The van der Waals surface area contributed by atoms with Gasteiger partial charge in [0.2, 0.25) is 0 Å². The number of nitrogens with zero attached hydrogens (tertiary/aromatic N) is 5. The van der Waals surface area contributed by atoms with Crippen molar-refractivity contribution in [3.05, 3.63) is 59.3 Å². The Morgan fingerprint density at radius 2 is 2.17 bits per heavy atom. The van der Waals surface area contributed by atoms with E-state index in [0.717, 1.165) is 30.9 Å². The number of aromatic nitrogens is 4. The van der Waals surface area contributed by atoms with E-state index in [1.807, 2.05) is 33.7 Å². The van der Waals surface area contributed by atoms with Crippen LogP contribution in [0.5, 0.6) is 0 Å². The van der Waals surface area contributed by atoms with Crippen LogP contribution in [0.3, 0.4) is 0 Å². The molecule has 0 radical (unpaired) electrons. The third kappa shape index (κ3) is 2.73. The van der Waals surface area contributed by atoms with Crippen LogP contribution in [-0.2, 0) is 0 Å². The van der Waals surface area contributed by atoms with Crippen molar-refractivity contribution in [3.8, 4) is 0 Å². The number of carbonyl (C=O) groups excluding carboxylic acids is 1. The first-order chi connectivity index (χ1) is 11.7. The van der Waals surface area contributed by atoms with Gasteiger partial charge in [0.1, 0.15) is 11.0 Å². The summed E-state index contributed by atoms with van der Waals surface area (Å²) in [4.78, 5) is 18.5. The van der Waals surface area contributed by atoms with Crippen molar-refractivity contribution in [1.82, 2.24) is 24.5 Å². The van der Waals surface area contributed by atoms with Crippen molar-refractivity contribution in [2.75, 3.05) is 13.1 Å². The molecule has 4 heterocycles. The third-order valence-corrected chi connectivity index (χ3v) is 4.59. The third-order valence-electron chi connectivity index (χ3n) is 4.39. The van der Waals surface area contributed by atoms with Gasteiger partial charge in [-0.15, -0.1) is 10.2 Å². The minimum absolute atomic E-state index is 0.0159. The number of carbonyl (C=O) groups is 1. The van der Waals surface area contributed by atoms with E-state index in [9.17, 15) is 4.79 Å². The van der Waals surface area contributed by atoms with Crippen LogP contribution in [0.1, 0.15) is 34.9 Å². The average Bonchev–Trinajstić information content (AvgIpc) is 3.05. The molecule has 1 aliphatic heterocycles. The molecule has 7 heteroatoms. The van der Waals surface area contributed by atoms with Gasteiger partial charge in [-0.05, 0) is 37.1 Å². The highest BCUT2D eigenvalue weighted by Gasteiger charge is 2.28. The van der Waals surface area contributed by atoms with Crippen molar-refractivity contribution in [3.63, 3.8) is 0 Å². The average molecular weight is 342 g/mol. The Morgan fingerprint density at radius 1 is 1.25 bits per heavy atom. The van der Waals surface area contributed by atoms with Crippen LogP contribution in [0, 0.1) is 0 Å². The van der Waals surface area contributed by atoms with Crippen molar-refractivity contribution < 1.29 is 4.79 Å². The summed E-state index contributed by atoms with van der Waals surface area (Å²) < 4.78 is 2.00. The number of amides is 1. The number of hydrogen-bond donors (Lipinski definition) is 0. The summed E-state index contributed by atoms with van der Waals surface area (Å²) >= 11 is 5.90. The molecule has 1 saturated heterocycles. The molecule has 24 heavy (non-hydrogen) atoms. The van der Waals surface area contributed by atoms with Gasteiger partial charge in [0.15, 0.2) is 5.65 Å². The molecule has 6 nitrogen and oxygen atoms in total. The minimum Gasteiger partial charge on any atom is -0.338 e. The predicted molar refractivity (Wildman–Crippen MR) is 90.1 cm³/mol. The van der Waals surface area contributed by atoms with E-state index < -0.39 is 0 Å². The van der Waals surface area contributed by atoms with Gasteiger partial charge < -0.3 is 4.90 Å². The number of likely N-dealkylation sites (tertiary alicyclic amines) is 1. The number of halogens is 1. The zero-order valence-electron chi connectivity index (χ0n) is 13.0. The normalized spacial score (nSPS) is 18.0. The second kappa shape index (κ2) is 6.20. The number of hydrogen-bond acceptors (Lipinski definition) is 4. The van der Waals surface area contributed by atoms with Crippen LogP contribution < -0.4 is 0 Å². The fraction of sp³-hybridized carbons (Fsp3) is 0.294. The summed E-state index contributed by atoms with van der Waals surface area (Å²) in [6.45, 7) is 1.38. The van der Waals surface area contributed by atoms with Crippen LogP contribution in [-0.4, -0.2) is 43.5 Å². The number of piperidine rings is 1. The highest BCUT2D eigenvalue weighted by atomic mass is 35.5. The minimum atomic E-state index is -0.0159. The molecule has 3 aromatic heterocycles. The summed E-state index contributed by atoms with van der Waals surface area (Å²) in [5.41, 5.74) is 1.40. The lowest BCUT2D eigenvalue weighted by Crippen LogP contribution is -2.39. The molecule has 3 aromatic rings. The molecule has 1 aliphatic rings. The van der Waals surface area contributed by atoms with E-state index in [4.69, 9.17) is 11.6 Å².